The van der Waals surface area contributed by atoms with Gasteiger partial charge in [-0.15, -0.1) is 12.4 Å². The van der Waals surface area contributed by atoms with E-state index in [1.165, 1.54) is 6.39 Å². The number of benzene rings is 2. The number of aryl methyl sites for hydroxylation is 2. The quantitative estimate of drug-likeness (QED) is 0.288. The summed E-state index contributed by atoms with van der Waals surface area (Å²) in [6.45, 7) is 2.05. The van der Waals surface area contributed by atoms with Gasteiger partial charge in [-0.2, -0.15) is 10.2 Å². The minimum atomic E-state index is -0.499. The summed E-state index contributed by atoms with van der Waals surface area (Å²) in [4.78, 5) is 27.4. The van der Waals surface area contributed by atoms with E-state index < -0.39 is 5.97 Å². The third-order valence-corrected chi connectivity index (χ3v) is 5.18. The maximum Gasteiger partial charge on any atom is 0.361 e. The standard InChI is InChI=1S/C14H13N3O3.C10H11N3O.ClH/c1-3-19-14(18)11-13(20-8-15-11)12-9-6-4-5-7-10(9)16-17(12)2;1-13-10(9(14)6-11)7-4-2-3-5-8(7)12-13;/h4-8H,3H2,1-2H3;2-5H,6,11H2,1H3;1H. The summed E-state index contributed by atoms with van der Waals surface area (Å²) in [5.41, 5.74) is 8.45. The fourth-order valence-electron chi connectivity index (χ4n) is 3.75. The number of nitrogens with two attached hydrogens (primary N) is 1. The van der Waals surface area contributed by atoms with Crippen molar-refractivity contribution in [2.45, 2.75) is 6.92 Å². The molecule has 0 bridgehead atoms. The minimum absolute atomic E-state index is 0. The van der Waals surface area contributed by atoms with E-state index in [2.05, 4.69) is 15.2 Å². The third-order valence-electron chi connectivity index (χ3n) is 5.18. The second-order valence-corrected chi connectivity index (χ2v) is 7.36. The molecule has 0 spiro atoms. The predicted molar refractivity (Wildman–Crippen MR) is 134 cm³/mol. The SMILES string of the molecule is CCOC(=O)c1ncoc1-c1c2ccccc2nn1C.Cl.Cn1nc2ccccc2c1C(=O)CN. The zero-order chi connectivity index (χ0) is 24.2. The van der Waals surface area contributed by atoms with Gasteiger partial charge in [0.15, 0.2) is 23.6 Å². The van der Waals surface area contributed by atoms with Gasteiger partial charge < -0.3 is 14.9 Å². The van der Waals surface area contributed by atoms with Crippen molar-refractivity contribution in [3.8, 4) is 11.5 Å². The Bertz CT molecular complexity index is 1490. The van der Waals surface area contributed by atoms with Crippen LogP contribution in [0.5, 0.6) is 0 Å². The highest BCUT2D eigenvalue weighted by Crippen LogP contribution is 2.30. The normalized spacial score (nSPS) is 10.5. The number of ether oxygens (including phenoxy) is 1. The second-order valence-electron chi connectivity index (χ2n) is 7.36. The van der Waals surface area contributed by atoms with Crippen LogP contribution in [0.1, 0.15) is 27.9 Å². The molecule has 0 saturated carbocycles. The Hall–Kier alpha value is -4.02. The van der Waals surface area contributed by atoms with Crippen molar-refractivity contribution in [2.24, 2.45) is 19.8 Å². The number of carbonyl (C=O) groups is 2. The zero-order valence-corrected chi connectivity index (χ0v) is 20.3. The van der Waals surface area contributed by atoms with Gasteiger partial charge in [0.2, 0.25) is 0 Å². The number of ketones is 1. The van der Waals surface area contributed by atoms with Gasteiger partial charge in [-0.25, -0.2) is 9.78 Å². The van der Waals surface area contributed by atoms with Crippen molar-refractivity contribution in [3.63, 3.8) is 0 Å². The number of Topliss-reactive ketones (excluding diaryl/α,β-unsaturated/α-hetero) is 1. The van der Waals surface area contributed by atoms with Gasteiger partial charge in [0.25, 0.3) is 0 Å². The van der Waals surface area contributed by atoms with Crippen molar-refractivity contribution in [1.29, 1.82) is 0 Å². The monoisotopic (exact) mass is 496 g/mol. The van der Waals surface area contributed by atoms with Crippen LogP contribution >= 0.6 is 12.4 Å². The molecule has 182 valence electrons. The van der Waals surface area contributed by atoms with Crippen molar-refractivity contribution in [2.75, 3.05) is 13.2 Å². The average molecular weight is 497 g/mol. The molecule has 2 N–H and O–H groups in total. The van der Waals surface area contributed by atoms with Gasteiger partial charge in [0, 0.05) is 24.9 Å². The molecule has 2 aromatic carbocycles. The van der Waals surface area contributed by atoms with Crippen LogP contribution in [0, 0.1) is 0 Å². The molecular formula is C24H25ClN6O4. The van der Waals surface area contributed by atoms with E-state index in [9.17, 15) is 9.59 Å². The fourth-order valence-corrected chi connectivity index (χ4v) is 3.75. The Morgan fingerprint density at radius 3 is 2.23 bits per heavy atom. The molecule has 5 rings (SSSR count). The molecule has 0 aliphatic rings. The highest BCUT2D eigenvalue weighted by atomic mass is 35.5. The van der Waals surface area contributed by atoms with E-state index in [4.69, 9.17) is 14.9 Å². The number of hydrogen-bond donors (Lipinski definition) is 1. The summed E-state index contributed by atoms with van der Waals surface area (Å²) in [5, 5.41) is 10.4. The first-order valence-electron chi connectivity index (χ1n) is 10.6. The summed E-state index contributed by atoms with van der Waals surface area (Å²) in [5.74, 6) is -0.206. The van der Waals surface area contributed by atoms with E-state index in [0.29, 0.717) is 17.1 Å². The molecule has 0 atom stereocenters. The molecule has 0 saturated heterocycles. The first-order chi connectivity index (χ1) is 16.5. The second kappa shape index (κ2) is 10.9. The Morgan fingerprint density at radius 2 is 1.57 bits per heavy atom. The lowest BCUT2D eigenvalue weighted by atomic mass is 10.1. The number of fused-ring (bicyclic) bond motifs is 2. The van der Waals surface area contributed by atoms with Crippen molar-refractivity contribution < 1.29 is 18.7 Å². The van der Waals surface area contributed by atoms with Crippen molar-refractivity contribution in [1.82, 2.24) is 24.5 Å². The summed E-state index contributed by atoms with van der Waals surface area (Å²) in [6.07, 6.45) is 1.24. The van der Waals surface area contributed by atoms with Crippen molar-refractivity contribution >= 4 is 46.0 Å². The maximum atomic E-state index is 11.9. The Labute approximate surface area is 207 Å². The van der Waals surface area contributed by atoms with Crippen LogP contribution in [0.15, 0.2) is 59.3 Å². The number of oxazole rings is 1. The molecule has 0 aliphatic heterocycles. The van der Waals surface area contributed by atoms with Crippen LogP contribution in [0.3, 0.4) is 0 Å². The fraction of sp³-hybridized carbons (Fsp3) is 0.208. The van der Waals surface area contributed by atoms with Gasteiger partial charge in [-0.05, 0) is 19.1 Å². The molecule has 0 amide bonds. The van der Waals surface area contributed by atoms with Crippen LogP contribution in [0.2, 0.25) is 0 Å². The van der Waals surface area contributed by atoms with Gasteiger partial charge in [0.05, 0.1) is 24.2 Å². The molecule has 3 aromatic heterocycles. The zero-order valence-electron chi connectivity index (χ0n) is 19.5. The van der Waals surface area contributed by atoms with Gasteiger partial charge in [-0.1, -0.05) is 36.4 Å². The molecule has 5 aromatic rings. The number of halogens is 1. The van der Waals surface area contributed by atoms with E-state index >= 15 is 0 Å². The van der Waals surface area contributed by atoms with Crippen LogP contribution in [0.25, 0.3) is 33.3 Å². The molecule has 0 unspecified atom stereocenters. The topological polar surface area (TPSA) is 131 Å². The lowest BCUT2D eigenvalue weighted by Crippen LogP contribution is -2.17. The molecule has 35 heavy (non-hydrogen) atoms. The van der Waals surface area contributed by atoms with Crippen LogP contribution in [0.4, 0.5) is 0 Å². The Kier molecular flexibility index (Phi) is 8.00. The summed E-state index contributed by atoms with van der Waals surface area (Å²) < 4.78 is 13.6. The molecule has 10 nitrogen and oxygen atoms in total. The number of rotatable bonds is 5. The van der Waals surface area contributed by atoms with E-state index in [0.717, 1.165) is 21.8 Å². The number of hydrogen-bond acceptors (Lipinski definition) is 8. The largest absolute Gasteiger partial charge is 0.461 e. The van der Waals surface area contributed by atoms with E-state index in [1.54, 1.807) is 30.4 Å². The molecule has 11 heteroatoms. The van der Waals surface area contributed by atoms with Crippen molar-refractivity contribution in [3.05, 3.63) is 66.3 Å². The van der Waals surface area contributed by atoms with Crippen LogP contribution in [-0.4, -0.2) is 49.4 Å². The number of nitrogens with zero attached hydrogens (tertiary/aromatic N) is 5. The highest BCUT2D eigenvalue weighted by molar-refractivity contribution is 6.07. The predicted octanol–water partition coefficient (Wildman–Crippen LogP) is 3.54. The number of esters is 1. The first-order valence-corrected chi connectivity index (χ1v) is 10.6. The van der Waals surface area contributed by atoms with Crippen LogP contribution in [-0.2, 0) is 18.8 Å². The molecule has 3 heterocycles. The van der Waals surface area contributed by atoms with Crippen LogP contribution < -0.4 is 5.73 Å². The maximum absolute atomic E-state index is 11.9. The molecule has 0 fully saturated rings. The van der Waals surface area contributed by atoms with Gasteiger partial charge >= 0.3 is 5.97 Å². The summed E-state index contributed by atoms with van der Waals surface area (Å²) >= 11 is 0. The highest BCUT2D eigenvalue weighted by Gasteiger charge is 2.24. The molecular weight excluding hydrogens is 472 g/mol. The lowest BCUT2D eigenvalue weighted by molar-refractivity contribution is 0.0520. The number of carbonyl (C=O) groups excluding carboxylic acids is 2. The summed E-state index contributed by atoms with van der Waals surface area (Å²) in [6, 6.07) is 15.2. The average Bonchev–Trinajstić information content (AvgIpc) is 3.52. The smallest absolute Gasteiger partial charge is 0.361 e. The lowest BCUT2D eigenvalue weighted by Gasteiger charge is -2.02. The first kappa shape index (κ1) is 25.6. The van der Waals surface area contributed by atoms with Gasteiger partial charge in [0.1, 0.15) is 11.4 Å². The molecule has 0 radical (unpaired) electrons. The molecule has 0 aliphatic carbocycles. The summed E-state index contributed by atoms with van der Waals surface area (Å²) in [7, 11) is 3.55. The third kappa shape index (κ3) is 4.93. The van der Waals surface area contributed by atoms with Gasteiger partial charge in [-0.3, -0.25) is 14.2 Å². The van der Waals surface area contributed by atoms with E-state index in [1.807, 2.05) is 48.5 Å². The minimum Gasteiger partial charge on any atom is -0.461 e. The number of aromatic nitrogens is 5. The Balaban J connectivity index is 0.000000202. The Morgan fingerprint density at radius 1 is 0.971 bits per heavy atom. The van der Waals surface area contributed by atoms with E-state index in [-0.39, 0.29) is 37.0 Å².